The number of aliphatic hydroxyl groups excluding tert-OH is 1. The number of aliphatic hydroxyl groups is 1. The SMILES string of the molecule is O[C@H]1CCN(Cc2nc3ccccc3o2)C1. The van der Waals surface area contributed by atoms with Crippen LogP contribution in [0.25, 0.3) is 11.1 Å². The molecule has 84 valence electrons. The highest BCUT2D eigenvalue weighted by atomic mass is 16.3. The number of rotatable bonds is 2. The molecule has 1 aromatic heterocycles. The van der Waals surface area contributed by atoms with Crippen LogP contribution < -0.4 is 0 Å². The van der Waals surface area contributed by atoms with Gasteiger partial charge < -0.3 is 9.52 Å². The van der Waals surface area contributed by atoms with Gasteiger partial charge in [0.15, 0.2) is 5.58 Å². The van der Waals surface area contributed by atoms with E-state index in [4.69, 9.17) is 4.42 Å². The summed E-state index contributed by atoms with van der Waals surface area (Å²) in [6.45, 7) is 2.32. The Kier molecular flexibility index (Phi) is 2.38. The van der Waals surface area contributed by atoms with E-state index in [0.29, 0.717) is 6.54 Å². The quantitative estimate of drug-likeness (QED) is 0.827. The second kappa shape index (κ2) is 3.88. The van der Waals surface area contributed by atoms with Gasteiger partial charge in [-0.05, 0) is 18.6 Å². The Morgan fingerprint density at radius 2 is 2.31 bits per heavy atom. The summed E-state index contributed by atoms with van der Waals surface area (Å²) in [7, 11) is 0. The lowest BCUT2D eigenvalue weighted by molar-refractivity contribution is 0.171. The Hall–Kier alpha value is -1.39. The zero-order valence-corrected chi connectivity index (χ0v) is 8.97. The van der Waals surface area contributed by atoms with Crippen LogP contribution >= 0.6 is 0 Å². The maximum Gasteiger partial charge on any atom is 0.209 e. The Balaban J connectivity index is 1.79. The predicted molar refractivity (Wildman–Crippen MR) is 59.9 cm³/mol. The van der Waals surface area contributed by atoms with Crippen molar-refractivity contribution < 1.29 is 9.52 Å². The maximum absolute atomic E-state index is 9.42. The van der Waals surface area contributed by atoms with Crippen molar-refractivity contribution in [2.45, 2.75) is 19.1 Å². The van der Waals surface area contributed by atoms with Gasteiger partial charge in [0.25, 0.3) is 0 Å². The standard InChI is InChI=1S/C12H14N2O2/c15-9-5-6-14(7-9)8-12-13-10-3-1-2-4-11(10)16-12/h1-4,9,15H,5-8H2/t9-/m0/s1. The number of β-amino-alcohol motifs (C(OH)–C–C–N with tert-alkyl or cyclic N) is 1. The molecule has 2 heterocycles. The molecule has 0 saturated carbocycles. The number of hydrogen-bond acceptors (Lipinski definition) is 4. The number of oxazole rings is 1. The second-order valence-electron chi connectivity index (χ2n) is 4.25. The third-order valence-electron chi connectivity index (χ3n) is 2.94. The fourth-order valence-corrected chi connectivity index (χ4v) is 2.13. The average Bonchev–Trinajstić information content (AvgIpc) is 2.84. The molecule has 3 rings (SSSR count). The van der Waals surface area contributed by atoms with Gasteiger partial charge in [0.2, 0.25) is 5.89 Å². The van der Waals surface area contributed by atoms with Crippen LogP contribution in [-0.2, 0) is 6.54 Å². The minimum Gasteiger partial charge on any atom is -0.439 e. The smallest absolute Gasteiger partial charge is 0.209 e. The monoisotopic (exact) mass is 218 g/mol. The lowest BCUT2D eigenvalue weighted by Gasteiger charge is -2.11. The first-order valence-electron chi connectivity index (χ1n) is 5.56. The summed E-state index contributed by atoms with van der Waals surface area (Å²) < 4.78 is 5.63. The summed E-state index contributed by atoms with van der Waals surface area (Å²) in [5.74, 6) is 0.732. The van der Waals surface area contributed by atoms with Crippen LogP contribution in [0.1, 0.15) is 12.3 Å². The van der Waals surface area contributed by atoms with E-state index in [1.165, 1.54) is 0 Å². The first-order valence-corrected chi connectivity index (χ1v) is 5.56. The van der Waals surface area contributed by atoms with Crippen LogP contribution in [0, 0.1) is 0 Å². The topological polar surface area (TPSA) is 49.5 Å². The van der Waals surface area contributed by atoms with Gasteiger partial charge in [0.05, 0.1) is 12.6 Å². The molecule has 0 amide bonds. The van der Waals surface area contributed by atoms with Crippen molar-refractivity contribution in [3.63, 3.8) is 0 Å². The summed E-state index contributed by atoms with van der Waals surface area (Å²) in [6, 6.07) is 7.76. The van der Waals surface area contributed by atoms with Crippen molar-refractivity contribution in [2.75, 3.05) is 13.1 Å². The molecule has 0 bridgehead atoms. The molecule has 1 N–H and O–H groups in total. The number of fused-ring (bicyclic) bond motifs is 1. The van der Waals surface area contributed by atoms with E-state index in [9.17, 15) is 5.11 Å². The van der Waals surface area contributed by atoms with Crippen molar-refractivity contribution in [3.05, 3.63) is 30.2 Å². The summed E-state index contributed by atoms with van der Waals surface area (Å²) in [6.07, 6.45) is 0.657. The molecule has 1 saturated heterocycles. The molecule has 1 aliphatic heterocycles. The van der Waals surface area contributed by atoms with E-state index >= 15 is 0 Å². The van der Waals surface area contributed by atoms with Gasteiger partial charge in [0.1, 0.15) is 5.52 Å². The van der Waals surface area contributed by atoms with Crippen molar-refractivity contribution >= 4 is 11.1 Å². The number of nitrogens with zero attached hydrogens (tertiary/aromatic N) is 2. The lowest BCUT2D eigenvalue weighted by Crippen LogP contribution is -2.21. The highest BCUT2D eigenvalue weighted by Crippen LogP contribution is 2.18. The zero-order valence-electron chi connectivity index (χ0n) is 8.97. The first-order chi connectivity index (χ1) is 7.81. The van der Waals surface area contributed by atoms with E-state index in [1.54, 1.807) is 0 Å². The molecule has 4 nitrogen and oxygen atoms in total. The van der Waals surface area contributed by atoms with Crippen LogP contribution in [-0.4, -0.2) is 34.2 Å². The molecular formula is C12H14N2O2. The van der Waals surface area contributed by atoms with Gasteiger partial charge in [-0.1, -0.05) is 12.1 Å². The summed E-state index contributed by atoms with van der Waals surface area (Å²) in [4.78, 5) is 6.57. The summed E-state index contributed by atoms with van der Waals surface area (Å²) in [5, 5.41) is 9.42. The molecule has 1 atom stereocenters. The second-order valence-corrected chi connectivity index (χ2v) is 4.25. The van der Waals surface area contributed by atoms with Crippen LogP contribution in [0.15, 0.2) is 28.7 Å². The van der Waals surface area contributed by atoms with Gasteiger partial charge >= 0.3 is 0 Å². The molecule has 0 spiro atoms. The van der Waals surface area contributed by atoms with Crippen molar-refractivity contribution in [2.24, 2.45) is 0 Å². The van der Waals surface area contributed by atoms with Crippen LogP contribution in [0.2, 0.25) is 0 Å². The van der Waals surface area contributed by atoms with E-state index in [-0.39, 0.29) is 6.10 Å². The molecule has 0 aliphatic carbocycles. The first kappa shape index (κ1) is 9.81. The number of aromatic nitrogens is 1. The Labute approximate surface area is 93.5 Å². The van der Waals surface area contributed by atoms with E-state index in [0.717, 1.165) is 36.5 Å². The Morgan fingerprint density at radius 1 is 1.44 bits per heavy atom. The Morgan fingerprint density at radius 3 is 3.06 bits per heavy atom. The zero-order chi connectivity index (χ0) is 11.0. The molecule has 2 aromatic rings. The van der Waals surface area contributed by atoms with Gasteiger partial charge in [-0.3, -0.25) is 4.90 Å². The highest BCUT2D eigenvalue weighted by molar-refractivity contribution is 5.72. The number of para-hydroxylation sites is 2. The molecule has 4 heteroatoms. The van der Waals surface area contributed by atoms with Crippen LogP contribution in [0.3, 0.4) is 0 Å². The fraction of sp³-hybridized carbons (Fsp3) is 0.417. The summed E-state index contributed by atoms with van der Waals surface area (Å²) >= 11 is 0. The number of likely N-dealkylation sites (tertiary alicyclic amines) is 1. The minimum atomic E-state index is -0.190. The van der Waals surface area contributed by atoms with E-state index < -0.39 is 0 Å². The van der Waals surface area contributed by atoms with E-state index in [1.807, 2.05) is 24.3 Å². The highest BCUT2D eigenvalue weighted by Gasteiger charge is 2.21. The number of hydrogen-bond donors (Lipinski definition) is 1. The molecule has 0 radical (unpaired) electrons. The molecule has 0 unspecified atom stereocenters. The third kappa shape index (κ3) is 1.81. The van der Waals surface area contributed by atoms with Crippen LogP contribution in [0.4, 0.5) is 0 Å². The summed E-state index contributed by atoms with van der Waals surface area (Å²) in [5.41, 5.74) is 1.73. The normalized spacial score (nSPS) is 21.9. The molecule has 1 fully saturated rings. The fourth-order valence-electron chi connectivity index (χ4n) is 2.13. The largest absolute Gasteiger partial charge is 0.439 e. The van der Waals surface area contributed by atoms with Crippen molar-refractivity contribution in [3.8, 4) is 0 Å². The predicted octanol–water partition coefficient (Wildman–Crippen LogP) is 1.39. The maximum atomic E-state index is 9.42. The average molecular weight is 218 g/mol. The Bertz CT molecular complexity index is 461. The van der Waals surface area contributed by atoms with Crippen molar-refractivity contribution in [1.82, 2.24) is 9.88 Å². The number of benzene rings is 1. The molecule has 1 aliphatic rings. The van der Waals surface area contributed by atoms with Gasteiger partial charge in [-0.2, -0.15) is 0 Å². The molecule has 16 heavy (non-hydrogen) atoms. The van der Waals surface area contributed by atoms with Gasteiger partial charge in [-0.25, -0.2) is 4.98 Å². The third-order valence-corrected chi connectivity index (χ3v) is 2.94. The van der Waals surface area contributed by atoms with Gasteiger partial charge in [-0.15, -0.1) is 0 Å². The molecular weight excluding hydrogens is 204 g/mol. The van der Waals surface area contributed by atoms with Gasteiger partial charge in [0, 0.05) is 13.1 Å². The molecule has 1 aromatic carbocycles. The lowest BCUT2D eigenvalue weighted by atomic mass is 10.3. The van der Waals surface area contributed by atoms with E-state index in [2.05, 4.69) is 9.88 Å². The van der Waals surface area contributed by atoms with Crippen LogP contribution in [0.5, 0.6) is 0 Å². The van der Waals surface area contributed by atoms with Crippen molar-refractivity contribution in [1.29, 1.82) is 0 Å². The minimum absolute atomic E-state index is 0.190.